The number of nitrogens with two attached hydrogens (primary N) is 1. The summed E-state index contributed by atoms with van der Waals surface area (Å²) in [6.07, 6.45) is 0. The Kier molecular flexibility index (Phi) is 4.35. The standard InChI is InChI=1S/C8H20N2O2S/c1-7(5-9)10-13(11,12)6-8(2,3)4/h7,10H,5-6,9H2,1-4H3/t7-/m1/s1. The highest BCUT2D eigenvalue weighted by Gasteiger charge is 2.22. The minimum atomic E-state index is -3.18. The zero-order valence-electron chi connectivity index (χ0n) is 8.79. The third-order valence-electron chi connectivity index (χ3n) is 1.36. The van der Waals surface area contributed by atoms with Crippen molar-refractivity contribution in [1.29, 1.82) is 0 Å². The van der Waals surface area contributed by atoms with Gasteiger partial charge in [0.15, 0.2) is 0 Å². The number of rotatable bonds is 4. The maximum Gasteiger partial charge on any atom is 0.212 e. The number of hydrogen-bond donors (Lipinski definition) is 2. The van der Waals surface area contributed by atoms with Crippen molar-refractivity contribution in [3.8, 4) is 0 Å². The molecule has 0 aromatic heterocycles. The van der Waals surface area contributed by atoms with Gasteiger partial charge < -0.3 is 5.73 Å². The van der Waals surface area contributed by atoms with Crippen molar-refractivity contribution in [2.45, 2.75) is 33.7 Å². The van der Waals surface area contributed by atoms with Gasteiger partial charge >= 0.3 is 0 Å². The van der Waals surface area contributed by atoms with Crippen LogP contribution in [0.25, 0.3) is 0 Å². The molecule has 0 aromatic rings. The molecule has 0 fully saturated rings. The van der Waals surface area contributed by atoms with E-state index < -0.39 is 10.0 Å². The lowest BCUT2D eigenvalue weighted by atomic mass is 10.0. The van der Waals surface area contributed by atoms with Crippen LogP contribution in [0.3, 0.4) is 0 Å². The third-order valence-corrected chi connectivity index (χ3v) is 3.36. The van der Waals surface area contributed by atoms with E-state index in [0.717, 1.165) is 0 Å². The molecular formula is C8H20N2O2S. The van der Waals surface area contributed by atoms with Crippen LogP contribution >= 0.6 is 0 Å². The molecule has 0 radical (unpaired) electrons. The fraction of sp³-hybridized carbons (Fsp3) is 1.00. The monoisotopic (exact) mass is 208 g/mol. The van der Waals surface area contributed by atoms with Gasteiger partial charge in [0.2, 0.25) is 10.0 Å². The molecule has 5 heteroatoms. The molecule has 0 unspecified atom stereocenters. The minimum Gasteiger partial charge on any atom is -0.329 e. The van der Waals surface area contributed by atoms with Gasteiger partial charge in [-0.3, -0.25) is 0 Å². The summed E-state index contributed by atoms with van der Waals surface area (Å²) < 4.78 is 25.4. The molecule has 4 nitrogen and oxygen atoms in total. The summed E-state index contributed by atoms with van der Waals surface area (Å²) in [5.74, 6) is 0.129. The summed E-state index contributed by atoms with van der Waals surface area (Å²) >= 11 is 0. The molecule has 3 N–H and O–H groups in total. The number of nitrogens with one attached hydrogen (secondary N) is 1. The Bertz CT molecular complexity index is 241. The molecule has 80 valence electrons. The van der Waals surface area contributed by atoms with E-state index in [1.54, 1.807) is 6.92 Å². The van der Waals surface area contributed by atoms with Crippen LogP contribution < -0.4 is 10.5 Å². The predicted octanol–water partition coefficient (Wildman–Crippen LogP) is 0.299. The lowest BCUT2D eigenvalue weighted by Gasteiger charge is -2.20. The predicted molar refractivity (Wildman–Crippen MR) is 54.9 cm³/mol. The highest BCUT2D eigenvalue weighted by Crippen LogP contribution is 2.15. The summed E-state index contributed by atoms with van der Waals surface area (Å²) in [6, 6.07) is -0.188. The summed E-state index contributed by atoms with van der Waals surface area (Å²) in [7, 11) is -3.18. The molecule has 0 amide bonds. The second kappa shape index (κ2) is 4.39. The van der Waals surface area contributed by atoms with Crippen LogP contribution in [0.15, 0.2) is 0 Å². The number of sulfonamides is 1. The minimum absolute atomic E-state index is 0.129. The van der Waals surface area contributed by atoms with Crippen LogP contribution in [0.5, 0.6) is 0 Å². The summed E-state index contributed by atoms with van der Waals surface area (Å²) in [5.41, 5.74) is 5.09. The number of hydrogen-bond acceptors (Lipinski definition) is 3. The zero-order chi connectivity index (χ0) is 10.7. The molecule has 0 rings (SSSR count). The molecule has 0 aliphatic heterocycles. The van der Waals surface area contributed by atoms with E-state index in [9.17, 15) is 8.42 Å². The average molecular weight is 208 g/mol. The van der Waals surface area contributed by atoms with E-state index in [-0.39, 0.29) is 17.2 Å². The first kappa shape index (κ1) is 12.9. The molecule has 1 atom stereocenters. The van der Waals surface area contributed by atoms with E-state index in [4.69, 9.17) is 5.73 Å². The topological polar surface area (TPSA) is 72.2 Å². The summed E-state index contributed by atoms with van der Waals surface area (Å²) in [5, 5.41) is 0. The van der Waals surface area contributed by atoms with Gasteiger partial charge in [0, 0.05) is 12.6 Å². The van der Waals surface area contributed by atoms with Gasteiger partial charge in [-0.2, -0.15) is 0 Å². The normalized spacial score (nSPS) is 15.8. The maximum absolute atomic E-state index is 11.4. The molecule has 0 aliphatic rings. The van der Waals surface area contributed by atoms with Crippen LogP contribution in [-0.4, -0.2) is 26.8 Å². The first-order valence-corrected chi connectivity index (χ1v) is 6.01. The second-order valence-electron chi connectivity index (χ2n) is 4.57. The van der Waals surface area contributed by atoms with Gasteiger partial charge in [-0.25, -0.2) is 13.1 Å². The van der Waals surface area contributed by atoms with E-state index >= 15 is 0 Å². The first-order valence-electron chi connectivity index (χ1n) is 4.36. The van der Waals surface area contributed by atoms with Crippen LogP contribution in [0.2, 0.25) is 0 Å². The lowest BCUT2D eigenvalue weighted by Crippen LogP contribution is -2.41. The van der Waals surface area contributed by atoms with Crippen molar-refractivity contribution in [3.63, 3.8) is 0 Å². The van der Waals surface area contributed by atoms with Crippen molar-refractivity contribution < 1.29 is 8.42 Å². The highest BCUT2D eigenvalue weighted by molar-refractivity contribution is 7.89. The Balaban J connectivity index is 4.27. The van der Waals surface area contributed by atoms with Gasteiger partial charge in [0.25, 0.3) is 0 Å². The van der Waals surface area contributed by atoms with Crippen molar-refractivity contribution in [2.24, 2.45) is 11.1 Å². The second-order valence-corrected chi connectivity index (χ2v) is 6.33. The van der Waals surface area contributed by atoms with Gasteiger partial charge in [-0.1, -0.05) is 20.8 Å². The maximum atomic E-state index is 11.4. The van der Waals surface area contributed by atoms with Gasteiger partial charge in [0.05, 0.1) is 5.75 Å². The lowest BCUT2D eigenvalue weighted by molar-refractivity contribution is 0.455. The van der Waals surface area contributed by atoms with Crippen molar-refractivity contribution >= 4 is 10.0 Å². The van der Waals surface area contributed by atoms with E-state index in [1.165, 1.54) is 0 Å². The quantitative estimate of drug-likeness (QED) is 0.698. The van der Waals surface area contributed by atoms with Crippen LogP contribution in [0.4, 0.5) is 0 Å². The molecule has 0 spiro atoms. The third kappa shape index (κ3) is 6.98. The van der Waals surface area contributed by atoms with Gasteiger partial charge in [0.1, 0.15) is 0 Å². The molecular weight excluding hydrogens is 188 g/mol. The summed E-state index contributed by atoms with van der Waals surface area (Å²) in [4.78, 5) is 0. The molecule has 0 aromatic carbocycles. The fourth-order valence-corrected chi connectivity index (χ4v) is 2.90. The molecule has 0 bridgehead atoms. The Morgan fingerprint density at radius 1 is 1.38 bits per heavy atom. The fourth-order valence-electron chi connectivity index (χ4n) is 0.966. The molecule has 0 heterocycles. The Labute approximate surface area is 80.9 Å². The molecule has 0 saturated carbocycles. The van der Waals surface area contributed by atoms with Crippen molar-refractivity contribution in [3.05, 3.63) is 0 Å². The average Bonchev–Trinajstić information content (AvgIpc) is 1.80. The smallest absolute Gasteiger partial charge is 0.212 e. The van der Waals surface area contributed by atoms with Crippen LogP contribution in [0.1, 0.15) is 27.7 Å². The zero-order valence-corrected chi connectivity index (χ0v) is 9.61. The van der Waals surface area contributed by atoms with Crippen molar-refractivity contribution in [1.82, 2.24) is 4.72 Å². The largest absolute Gasteiger partial charge is 0.329 e. The first-order chi connectivity index (χ1) is 5.66. The van der Waals surface area contributed by atoms with Crippen LogP contribution in [0, 0.1) is 5.41 Å². The van der Waals surface area contributed by atoms with Crippen LogP contribution in [-0.2, 0) is 10.0 Å². The van der Waals surface area contributed by atoms with E-state index in [1.807, 2.05) is 20.8 Å². The SMILES string of the molecule is C[C@H](CN)NS(=O)(=O)CC(C)(C)C. The molecule has 13 heavy (non-hydrogen) atoms. The van der Waals surface area contributed by atoms with Gasteiger partial charge in [-0.05, 0) is 12.3 Å². The summed E-state index contributed by atoms with van der Waals surface area (Å²) in [6.45, 7) is 7.74. The van der Waals surface area contributed by atoms with Crippen molar-refractivity contribution in [2.75, 3.05) is 12.3 Å². The Hall–Kier alpha value is -0.130. The molecule has 0 aliphatic carbocycles. The highest BCUT2D eigenvalue weighted by atomic mass is 32.2. The molecule has 0 saturated heterocycles. The van der Waals surface area contributed by atoms with E-state index in [0.29, 0.717) is 6.54 Å². The Morgan fingerprint density at radius 3 is 2.15 bits per heavy atom. The van der Waals surface area contributed by atoms with E-state index in [2.05, 4.69) is 4.72 Å². The van der Waals surface area contributed by atoms with Gasteiger partial charge in [-0.15, -0.1) is 0 Å². The Morgan fingerprint density at radius 2 is 1.85 bits per heavy atom.